The van der Waals surface area contributed by atoms with Gasteiger partial charge < -0.3 is 10.6 Å². The lowest BCUT2D eigenvalue weighted by atomic mass is 9.49. The van der Waals surface area contributed by atoms with Crippen molar-refractivity contribution in [2.45, 2.75) is 90.1 Å². The van der Waals surface area contributed by atoms with Gasteiger partial charge in [0, 0.05) is 38.0 Å². The summed E-state index contributed by atoms with van der Waals surface area (Å²) in [4.78, 5) is 29.4. The quantitative estimate of drug-likeness (QED) is 0.609. The molecular formula is C27H40N6O. The van der Waals surface area contributed by atoms with E-state index in [9.17, 15) is 4.79 Å². The first-order chi connectivity index (χ1) is 16.6. The Morgan fingerprint density at radius 2 is 1.94 bits per heavy atom. The van der Waals surface area contributed by atoms with E-state index in [1.54, 1.807) is 6.33 Å². The molecule has 6 aliphatic rings. The van der Waals surface area contributed by atoms with Crippen molar-refractivity contribution < 1.29 is 4.79 Å². The van der Waals surface area contributed by atoms with Crippen LogP contribution >= 0.6 is 0 Å². The topological polar surface area (TPSA) is 82.5 Å². The predicted molar refractivity (Wildman–Crippen MR) is 134 cm³/mol. The van der Waals surface area contributed by atoms with Gasteiger partial charge in [0.05, 0.1) is 24.1 Å². The maximum absolute atomic E-state index is 13.2. The van der Waals surface area contributed by atoms with Crippen molar-refractivity contribution in [1.82, 2.24) is 20.2 Å². The molecule has 4 aliphatic carbocycles. The number of amides is 1. The summed E-state index contributed by atoms with van der Waals surface area (Å²) in [7, 11) is 0. The van der Waals surface area contributed by atoms with Gasteiger partial charge in [-0.3, -0.25) is 14.7 Å². The molecule has 34 heavy (non-hydrogen) atoms. The Bertz CT molecular complexity index is 923. The molecule has 4 fully saturated rings. The zero-order valence-corrected chi connectivity index (χ0v) is 20.7. The Morgan fingerprint density at radius 1 is 1.18 bits per heavy atom. The zero-order chi connectivity index (χ0) is 23.1. The Balaban J connectivity index is 1.05. The first kappa shape index (κ1) is 22.4. The SMILES string of the molecule is CCCCC1=NCC(CN2CCc3c(ncnc3NC(=O)CC34CC5CC(CC(C5)C3)C4)C2)N1. The van der Waals surface area contributed by atoms with Gasteiger partial charge in [0.2, 0.25) is 5.91 Å². The van der Waals surface area contributed by atoms with Gasteiger partial charge in [-0.25, -0.2) is 9.97 Å². The second kappa shape index (κ2) is 9.21. The Hall–Kier alpha value is -2.02. The normalized spacial score (nSPS) is 34.0. The number of unbranched alkanes of at least 4 members (excludes halogenated alkanes) is 1. The summed E-state index contributed by atoms with van der Waals surface area (Å²) in [6.07, 6.45) is 14.7. The number of fused-ring (bicyclic) bond motifs is 1. The summed E-state index contributed by atoms with van der Waals surface area (Å²) in [5, 5.41) is 6.83. The number of nitrogens with zero attached hydrogens (tertiary/aromatic N) is 4. The lowest BCUT2D eigenvalue weighted by Gasteiger charge is -2.56. The number of rotatable bonds is 8. The summed E-state index contributed by atoms with van der Waals surface area (Å²) in [6, 6.07) is 0.398. The summed E-state index contributed by atoms with van der Waals surface area (Å²) in [5.41, 5.74) is 2.46. The highest BCUT2D eigenvalue weighted by atomic mass is 16.1. The number of amidine groups is 1. The van der Waals surface area contributed by atoms with Crippen molar-refractivity contribution >= 4 is 17.6 Å². The van der Waals surface area contributed by atoms with E-state index >= 15 is 0 Å². The van der Waals surface area contributed by atoms with E-state index in [0.717, 1.165) is 73.8 Å². The fourth-order valence-corrected chi connectivity index (χ4v) is 8.15. The molecule has 1 amide bonds. The molecule has 1 aromatic rings. The summed E-state index contributed by atoms with van der Waals surface area (Å²) in [5.74, 6) is 4.72. The average Bonchev–Trinajstić information content (AvgIpc) is 3.23. The van der Waals surface area contributed by atoms with Crippen molar-refractivity contribution in [2.24, 2.45) is 28.2 Å². The number of nitrogens with one attached hydrogen (secondary N) is 2. The molecule has 0 spiro atoms. The number of anilines is 1. The van der Waals surface area contributed by atoms with E-state index in [1.165, 1.54) is 57.2 Å². The van der Waals surface area contributed by atoms with Crippen molar-refractivity contribution in [3.8, 4) is 0 Å². The van der Waals surface area contributed by atoms with Gasteiger partial charge in [0.1, 0.15) is 12.1 Å². The van der Waals surface area contributed by atoms with Crippen LogP contribution in [0.5, 0.6) is 0 Å². The molecule has 1 unspecified atom stereocenters. The summed E-state index contributed by atoms with van der Waals surface area (Å²) >= 11 is 0. The number of carbonyl (C=O) groups excluding carboxylic acids is 1. The van der Waals surface area contributed by atoms with Crippen molar-refractivity contribution in [2.75, 3.05) is 25.0 Å². The van der Waals surface area contributed by atoms with Gasteiger partial charge in [-0.2, -0.15) is 0 Å². The van der Waals surface area contributed by atoms with Crippen molar-refractivity contribution in [3.05, 3.63) is 17.6 Å². The van der Waals surface area contributed by atoms with Crippen LogP contribution in [0.1, 0.15) is 82.4 Å². The second-order valence-electron chi connectivity index (χ2n) is 12.0. The van der Waals surface area contributed by atoms with Gasteiger partial charge in [0.25, 0.3) is 0 Å². The number of carbonyl (C=O) groups is 1. The van der Waals surface area contributed by atoms with Crippen molar-refractivity contribution in [1.29, 1.82) is 0 Å². The molecule has 0 radical (unpaired) electrons. The van der Waals surface area contributed by atoms with Gasteiger partial charge in [0.15, 0.2) is 0 Å². The Morgan fingerprint density at radius 3 is 2.68 bits per heavy atom. The Kier molecular flexibility index (Phi) is 6.08. The van der Waals surface area contributed by atoms with Gasteiger partial charge in [-0.15, -0.1) is 0 Å². The first-order valence-corrected chi connectivity index (χ1v) is 13.7. The van der Waals surface area contributed by atoms with Crippen LogP contribution in [0.25, 0.3) is 0 Å². The molecule has 7 heteroatoms. The maximum Gasteiger partial charge on any atom is 0.226 e. The fraction of sp³-hybridized carbons (Fsp3) is 0.778. The van der Waals surface area contributed by atoms with Crippen molar-refractivity contribution in [3.63, 3.8) is 0 Å². The van der Waals surface area contributed by atoms with E-state index in [2.05, 4.69) is 32.4 Å². The molecular weight excluding hydrogens is 424 g/mol. The van der Waals surface area contributed by atoms with Gasteiger partial charge in [-0.05, 0) is 74.5 Å². The lowest BCUT2D eigenvalue weighted by Crippen LogP contribution is -2.47. The van der Waals surface area contributed by atoms with E-state index < -0.39 is 0 Å². The number of aromatic nitrogens is 2. The molecule has 4 saturated carbocycles. The average molecular weight is 465 g/mol. The van der Waals surface area contributed by atoms with E-state index in [1.807, 2.05) is 0 Å². The highest BCUT2D eigenvalue weighted by Crippen LogP contribution is 2.61. The minimum absolute atomic E-state index is 0.164. The molecule has 4 bridgehead atoms. The Labute approximate surface area is 203 Å². The minimum atomic E-state index is 0.164. The maximum atomic E-state index is 13.2. The zero-order valence-electron chi connectivity index (χ0n) is 20.7. The molecule has 7 rings (SSSR count). The van der Waals surface area contributed by atoms with E-state index in [-0.39, 0.29) is 11.3 Å². The molecule has 0 aromatic carbocycles. The number of hydrogen-bond donors (Lipinski definition) is 2. The molecule has 2 N–H and O–H groups in total. The molecule has 184 valence electrons. The minimum Gasteiger partial charge on any atom is -0.368 e. The van der Waals surface area contributed by atoms with Crippen LogP contribution < -0.4 is 10.6 Å². The third-order valence-electron chi connectivity index (χ3n) is 9.16. The standard InChI is InChI=1S/C27H40N6O/c1-2-3-4-24-28-14-21(31-24)15-33-6-5-22-23(16-33)29-17-30-26(22)32-25(34)13-27-10-18-7-19(11-27)9-20(8-18)12-27/h17-21H,2-16H2,1H3,(H,28,31)(H,29,30,32,34). The van der Waals surface area contributed by atoms with Crippen LogP contribution in [0.3, 0.4) is 0 Å². The fourth-order valence-electron chi connectivity index (χ4n) is 8.15. The smallest absolute Gasteiger partial charge is 0.226 e. The number of hydrogen-bond acceptors (Lipinski definition) is 6. The van der Waals surface area contributed by atoms with Crippen LogP contribution in [0.2, 0.25) is 0 Å². The molecule has 3 heterocycles. The summed E-state index contributed by atoms with van der Waals surface area (Å²) in [6.45, 7) is 5.87. The summed E-state index contributed by atoms with van der Waals surface area (Å²) < 4.78 is 0. The highest BCUT2D eigenvalue weighted by Gasteiger charge is 2.51. The monoisotopic (exact) mass is 464 g/mol. The molecule has 1 aromatic heterocycles. The van der Waals surface area contributed by atoms with E-state index in [0.29, 0.717) is 12.5 Å². The van der Waals surface area contributed by atoms with Gasteiger partial charge in [-0.1, -0.05) is 13.3 Å². The van der Waals surface area contributed by atoms with Crippen LogP contribution in [-0.2, 0) is 17.8 Å². The van der Waals surface area contributed by atoms with Crippen LogP contribution in [0, 0.1) is 23.2 Å². The third kappa shape index (κ3) is 4.60. The van der Waals surface area contributed by atoms with Crippen LogP contribution in [0.4, 0.5) is 5.82 Å². The first-order valence-electron chi connectivity index (χ1n) is 13.7. The van der Waals surface area contributed by atoms with Crippen LogP contribution in [-0.4, -0.2) is 52.3 Å². The van der Waals surface area contributed by atoms with Gasteiger partial charge >= 0.3 is 0 Å². The largest absolute Gasteiger partial charge is 0.368 e. The number of aliphatic imine (C=N–C) groups is 1. The lowest BCUT2D eigenvalue weighted by molar-refractivity contribution is -0.124. The molecule has 7 nitrogen and oxygen atoms in total. The molecule has 2 aliphatic heterocycles. The molecule has 1 atom stereocenters. The highest BCUT2D eigenvalue weighted by molar-refractivity contribution is 5.91. The predicted octanol–water partition coefficient (Wildman–Crippen LogP) is 3.94. The third-order valence-corrected chi connectivity index (χ3v) is 9.16. The molecule has 0 saturated heterocycles. The second-order valence-corrected chi connectivity index (χ2v) is 12.0. The van der Waals surface area contributed by atoms with Crippen LogP contribution in [0.15, 0.2) is 11.3 Å². The van der Waals surface area contributed by atoms with E-state index in [4.69, 9.17) is 4.99 Å².